The molecule has 1 heterocycles. The van der Waals surface area contributed by atoms with Crippen molar-refractivity contribution in [2.75, 3.05) is 20.8 Å². The molecule has 1 aliphatic carbocycles. The summed E-state index contributed by atoms with van der Waals surface area (Å²) in [6.45, 7) is 2.41. The van der Waals surface area contributed by atoms with Crippen LogP contribution in [0.4, 0.5) is 0 Å². The van der Waals surface area contributed by atoms with E-state index in [9.17, 15) is 5.11 Å². The molecule has 6 nitrogen and oxygen atoms in total. The fourth-order valence-electron chi connectivity index (χ4n) is 3.81. The van der Waals surface area contributed by atoms with E-state index < -0.39 is 0 Å². The molecule has 1 aliphatic rings. The van der Waals surface area contributed by atoms with E-state index in [0.717, 1.165) is 48.8 Å². The molecule has 0 aliphatic heterocycles. The minimum atomic E-state index is -0.185. The highest BCUT2D eigenvalue weighted by molar-refractivity contribution is 5.47. The lowest BCUT2D eigenvalue weighted by atomic mass is 9.77. The molecule has 3 rings (SSSR count). The number of rotatable bonds is 6. The van der Waals surface area contributed by atoms with E-state index in [-0.39, 0.29) is 12.0 Å². The van der Waals surface area contributed by atoms with Crippen LogP contribution in [0, 0.1) is 6.92 Å². The molecule has 6 heteroatoms. The first-order valence-corrected chi connectivity index (χ1v) is 8.40. The van der Waals surface area contributed by atoms with Crippen LogP contribution in [0.1, 0.15) is 42.9 Å². The van der Waals surface area contributed by atoms with E-state index in [4.69, 9.17) is 14.5 Å². The smallest absolute Gasteiger partial charge is 0.161 e. The van der Waals surface area contributed by atoms with Crippen molar-refractivity contribution in [3.05, 3.63) is 35.4 Å². The molecule has 0 spiro atoms. The lowest BCUT2D eigenvalue weighted by Gasteiger charge is -2.29. The normalized spacial score (nSPS) is 16.3. The quantitative estimate of drug-likeness (QED) is 0.880. The molecule has 1 aromatic carbocycles. The number of hydrogen-bond donors (Lipinski definition) is 1. The third-order valence-corrected chi connectivity index (χ3v) is 4.91. The maximum absolute atomic E-state index is 9.38. The number of ether oxygens (including phenoxy) is 2. The largest absolute Gasteiger partial charge is 0.493 e. The molecule has 1 aromatic heterocycles. The Labute approximate surface area is 142 Å². The van der Waals surface area contributed by atoms with Gasteiger partial charge in [0.05, 0.1) is 32.8 Å². The molecule has 0 atom stereocenters. The van der Waals surface area contributed by atoms with Crippen LogP contribution in [-0.4, -0.2) is 40.7 Å². The van der Waals surface area contributed by atoms with Crippen molar-refractivity contribution in [3.8, 4) is 11.5 Å². The number of aromatic nitrogens is 3. The number of aryl methyl sites for hydroxylation is 1. The Morgan fingerprint density at radius 2 is 1.88 bits per heavy atom. The van der Waals surface area contributed by atoms with Gasteiger partial charge in [-0.2, -0.15) is 5.10 Å². The summed E-state index contributed by atoms with van der Waals surface area (Å²) < 4.78 is 12.7. The van der Waals surface area contributed by atoms with E-state index in [1.165, 1.54) is 5.56 Å². The van der Waals surface area contributed by atoms with Crippen molar-refractivity contribution in [3.63, 3.8) is 0 Å². The fourth-order valence-corrected chi connectivity index (χ4v) is 3.81. The van der Waals surface area contributed by atoms with Gasteiger partial charge in [0.1, 0.15) is 11.6 Å². The molecule has 0 saturated heterocycles. The third-order valence-electron chi connectivity index (χ3n) is 4.91. The minimum Gasteiger partial charge on any atom is -0.493 e. The molecule has 24 heavy (non-hydrogen) atoms. The number of methoxy groups -OCH3 is 2. The zero-order valence-corrected chi connectivity index (χ0v) is 14.6. The molecule has 0 radical (unpaired) electrons. The average Bonchev–Trinajstić information content (AvgIpc) is 3.22. The summed E-state index contributed by atoms with van der Waals surface area (Å²) in [4.78, 5) is 4.73. The molecule has 0 amide bonds. The SMILES string of the molecule is COc1ccc(C2(c3nc(C)nn3CCO)CCCC2)cc1OC. The molecule has 1 fully saturated rings. The first-order chi connectivity index (χ1) is 11.6. The standard InChI is InChI=1S/C18H25N3O3/c1-13-19-17(21(20-13)10-11-22)18(8-4-5-9-18)14-6-7-15(23-2)16(12-14)24-3/h6-7,12,22H,4-5,8-11H2,1-3H3. The second-order valence-electron chi connectivity index (χ2n) is 6.29. The van der Waals surface area contributed by atoms with Gasteiger partial charge in [0.25, 0.3) is 0 Å². The Bertz CT molecular complexity index is 706. The summed E-state index contributed by atoms with van der Waals surface area (Å²) >= 11 is 0. The first kappa shape index (κ1) is 16.8. The van der Waals surface area contributed by atoms with Crippen molar-refractivity contribution in [1.82, 2.24) is 14.8 Å². The Morgan fingerprint density at radius 1 is 1.17 bits per heavy atom. The zero-order chi connectivity index (χ0) is 17.2. The Balaban J connectivity index is 2.13. The van der Waals surface area contributed by atoms with E-state index in [2.05, 4.69) is 17.2 Å². The molecule has 2 aromatic rings. The molecule has 0 unspecified atom stereocenters. The summed E-state index contributed by atoms with van der Waals surface area (Å²) in [7, 11) is 3.30. The zero-order valence-electron chi connectivity index (χ0n) is 14.6. The van der Waals surface area contributed by atoms with Gasteiger partial charge in [-0.15, -0.1) is 0 Å². The minimum absolute atomic E-state index is 0.0534. The predicted octanol–water partition coefficient (Wildman–Crippen LogP) is 2.46. The Morgan fingerprint density at radius 3 is 2.50 bits per heavy atom. The highest BCUT2D eigenvalue weighted by Gasteiger charge is 2.42. The van der Waals surface area contributed by atoms with Gasteiger partial charge >= 0.3 is 0 Å². The van der Waals surface area contributed by atoms with Crippen LogP contribution in [-0.2, 0) is 12.0 Å². The van der Waals surface area contributed by atoms with Crippen molar-refractivity contribution in [2.45, 2.75) is 44.6 Å². The van der Waals surface area contributed by atoms with Crippen LogP contribution >= 0.6 is 0 Å². The van der Waals surface area contributed by atoms with Crippen LogP contribution < -0.4 is 9.47 Å². The van der Waals surface area contributed by atoms with Crippen molar-refractivity contribution in [1.29, 1.82) is 0 Å². The predicted molar refractivity (Wildman–Crippen MR) is 90.6 cm³/mol. The summed E-state index contributed by atoms with van der Waals surface area (Å²) in [5, 5.41) is 13.9. The van der Waals surface area contributed by atoms with Gasteiger partial charge in [-0.3, -0.25) is 0 Å². The van der Waals surface area contributed by atoms with Gasteiger partial charge in [0.2, 0.25) is 0 Å². The van der Waals surface area contributed by atoms with Crippen LogP contribution in [0.25, 0.3) is 0 Å². The summed E-state index contributed by atoms with van der Waals surface area (Å²) in [6, 6.07) is 6.10. The van der Waals surface area contributed by atoms with Crippen molar-refractivity contribution < 1.29 is 14.6 Å². The fraction of sp³-hybridized carbons (Fsp3) is 0.556. The lowest BCUT2D eigenvalue weighted by molar-refractivity contribution is 0.262. The highest BCUT2D eigenvalue weighted by Crippen LogP contribution is 2.47. The monoisotopic (exact) mass is 331 g/mol. The Hall–Kier alpha value is -2.08. The average molecular weight is 331 g/mol. The van der Waals surface area contributed by atoms with Crippen LogP contribution in [0.2, 0.25) is 0 Å². The number of aliphatic hydroxyl groups excluding tert-OH is 1. The van der Waals surface area contributed by atoms with Crippen LogP contribution in [0.3, 0.4) is 0 Å². The molecular weight excluding hydrogens is 306 g/mol. The summed E-state index contributed by atoms with van der Waals surface area (Å²) in [5.41, 5.74) is 0.986. The summed E-state index contributed by atoms with van der Waals surface area (Å²) in [5.74, 6) is 3.14. The molecule has 1 N–H and O–H groups in total. The van der Waals surface area contributed by atoms with E-state index in [1.54, 1.807) is 14.2 Å². The first-order valence-electron chi connectivity index (χ1n) is 8.40. The maximum atomic E-state index is 9.38. The highest BCUT2D eigenvalue weighted by atomic mass is 16.5. The molecule has 130 valence electrons. The van der Waals surface area contributed by atoms with Crippen molar-refractivity contribution >= 4 is 0 Å². The van der Waals surface area contributed by atoms with Gasteiger partial charge in [-0.25, -0.2) is 9.67 Å². The van der Waals surface area contributed by atoms with Crippen LogP contribution in [0.5, 0.6) is 11.5 Å². The lowest BCUT2D eigenvalue weighted by Crippen LogP contribution is -2.29. The second kappa shape index (κ2) is 6.81. The second-order valence-corrected chi connectivity index (χ2v) is 6.29. The van der Waals surface area contributed by atoms with Gasteiger partial charge in [-0.05, 0) is 37.5 Å². The molecular formula is C18H25N3O3. The summed E-state index contributed by atoms with van der Waals surface area (Å²) in [6.07, 6.45) is 4.34. The molecule has 0 bridgehead atoms. The third kappa shape index (κ3) is 2.75. The van der Waals surface area contributed by atoms with Gasteiger partial charge in [0.15, 0.2) is 11.5 Å². The van der Waals surface area contributed by atoms with E-state index >= 15 is 0 Å². The van der Waals surface area contributed by atoms with Crippen LogP contribution in [0.15, 0.2) is 18.2 Å². The van der Waals surface area contributed by atoms with Gasteiger partial charge in [0, 0.05) is 0 Å². The maximum Gasteiger partial charge on any atom is 0.161 e. The van der Waals surface area contributed by atoms with Gasteiger partial charge < -0.3 is 14.6 Å². The topological polar surface area (TPSA) is 69.4 Å². The van der Waals surface area contributed by atoms with E-state index in [0.29, 0.717) is 6.54 Å². The number of nitrogens with zero attached hydrogens (tertiary/aromatic N) is 3. The molecule has 1 saturated carbocycles. The number of benzene rings is 1. The number of aliphatic hydroxyl groups is 1. The van der Waals surface area contributed by atoms with Gasteiger partial charge in [-0.1, -0.05) is 18.9 Å². The Kier molecular flexibility index (Phi) is 4.76. The van der Waals surface area contributed by atoms with E-state index in [1.807, 2.05) is 17.7 Å². The number of hydrogen-bond acceptors (Lipinski definition) is 5. The van der Waals surface area contributed by atoms with Crippen molar-refractivity contribution in [2.24, 2.45) is 0 Å².